The van der Waals surface area contributed by atoms with E-state index in [0.717, 1.165) is 88.9 Å². The number of rotatable bonds is 21. The van der Waals surface area contributed by atoms with Crippen LogP contribution in [-0.2, 0) is 19.0 Å². The number of piperidine rings is 1. The second-order valence-corrected chi connectivity index (χ2v) is 18.6. The summed E-state index contributed by atoms with van der Waals surface area (Å²) < 4.78 is 29.2. The zero-order chi connectivity index (χ0) is 49.7. The highest BCUT2D eigenvalue weighted by Crippen LogP contribution is 2.40. The highest BCUT2D eigenvalue weighted by Gasteiger charge is 2.41. The minimum Gasteiger partial charge on any atom is -0.495 e. The molecule has 4 aliphatic rings. The van der Waals surface area contributed by atoms with E-state index >= 15 is 0 Å². The summed E-state index contributed by atoms with van der Waals surface area (Å²) in [6.45, 7) is 5.92. The number of benzene rings is 2. The van der Waals surface area contributed by atoms with Crippen LogP contribution in [0.4, 0.5) is 29.0 Å². The van der Waals surface area contributed by atoms with Crippen molar-refractivity contribution in [1.82, 2.24) is 30.8 Å². The van der Waals surface area contributed by atoms with Crippen molar-refractivity contribution in [3.63, 3.8) is 0 Å². The number of amides is 3. The van der Waals surface area contributed by atoms with Crippen molar-refractivity contribution in [1.29, 1.82) is 5.26 Å². The maximum absolute atomic E-state index is 13.3. The molecule has 4 aromatic rings. The Labute approximate surface area is 419 Å². The topological polar surface area (TPSA) is 219 Å². The first-order valence-corrected chi connectivity index (χ1v) is 25.2. The van der Waals surface area contributed by atoms with Crippen LogP contribution in [0, 0.1) is 11.3 Å². The average molecular weight is 995 g/mol. The second kappa shape index (κ2) is 24.7. The molecule has 1 atom stereocenters. The standard InChI is InChI=1S/C51H64ClN11O8/c1-4-43-50(66)61(2)44-32-55-51(58-47(44)63(43)36-7-5-6-8-36)57-41-16-10-33(29-45(41)67-3)48(64)54-21-24-68-25-26-69-27-28-70-37-19-22-62(23-20-37)46-18-17-42(59-60-46)49(65)56-35-11-14-38(15-12-35)71-39-13-9-34(31-53)40(52)30-39/h9-10,13,16-18,29-30,32,35-38,43H,4-8,11-12,14-15,19-28H2,1-3H3,(H,54,64)(H,56,65)(H,55,57,58)/t35-,38-,43-/m1/s1. The maximum atomic E-state index is 13.3. The molecule has 2 aromatic carbocycles. The van der Waals surface area contributed by atoms with E-state index in [9.17, 15) is 14.4 Å². The first-order chi connectivity index (χ1) is 34.6. The van der Waals surface area contributed by atoms with E-state index in [4.69, 9.17) is 45.5 Å². The second-order valence-electron chi connectivity index (χ2n) is 18.2. The molecule has 4 heterocycles. The number of methoxy groups -OCH3 is 1. The number of fused-ring (bicyclic) bond motifs is 1. The van der Waals surface area contributed by atoms with Gasteiger partial charge in [0.15, 0.2) is 17.3 Å². The molecular weight excluding hydrogens is 930 g/mol. The number of halogens is 1. The van der Waals surface area contributed by atoms with Gasteiger partial charge < -0.3 is 54.3 Å². The zero-order valence-corrected chi connectivity index (χ0v) is 41.5. The Kier molecular flexibility index (Phi) is 17.7. The third-order valence-electron chi connectivity index (χ3n) is 13.6. The summed E-state index contributed by atoms with van der Waals surface area (Å²) >= 11 is 6.15. The number of carbonyl (C=O) groups excluding carboxylic acids is 3. The third-order valence-corrected chi connectivity index (χ3v) is 13.9. The van der Waals surface area contributed by atoms with E-state index in [1.165, 1.54) is 0 Å². The van der Waals surface area contributed by atoms with Crippen LogP contribution in [0.1, 0.15) is 104 Å². The maximum Gasteiger partial charge on any atom is 0.272 e. The molecular formula is C51H64ClN11O8. The molecule has 71 heavy (non-hydrogen) atoms. The van der Waals surface area contributed by atoms with Crippen LogP contribution >= 0.6 is 11.6 Å². The molecule has 2 saturated carbocycles. The lowest BCUT2D eigenvalue weighted by Gasteiger charge is -2.43. The number of carbonyl (C=O) groups is 3. The Morgan fingerprint density at radius 2 is 1.63 bits per heavy atom. The highest BCUT2D eigenvalue weighted by atomic mass is 35.5. The van der Waals surface area contributed by atoms with Crippen molar-refractivity contribution in [2.45, 2.75) is 108 Å². The smallest absolute Gasteiger partial charge is 0.272 e. The van der Waals surface area contributed by atoms with Gasteiger partial charge in [-0.15, -0.1) is 10.2 Å². The van der Waals surface area contributed by atoms with Gasteiger partial charge in [-0.25, -0.2) is 4.98 Å². The molecule has 19 nitrogen and oxygen atoms in total. The molecule has 3 fully saturated rings. The molecule has 0 unspecified atom stereocenters. The van der Waals surface area contributed by atoms with E-state index < -0.39 is 0 Å². The van der Waals surface area contributed by atoms with E-state index in [0.29, 0.717) is 91.0 Å². The van der Waals surface area contributed by atoms with Crippen molar-refractivity contribution in [2.75, 3.05) is 86.8 Å². The summed E-state index contributed by atoms with van der Waals surface area (Å²) in [6.07, 6.45) is 11.6. The Balaban J connectivity index is 0.668. The predicted molar refractivity (Wildman–Crippen MR) is 268 cm³/mol. The van der Waals surface area contributed by atoms with Gasteiger partial charge >= 0.3 is 0 Å². The fourth-order valence-electron chi connectivity index (χ4n) is 9.74. The lowest BCUT2D eigenvalue weighted by molar-refractivity contribution is -0.120. The number of nitriles is 1. The summed E-state index contributed by atoms with van der Waals surface area (Å²) in [5.41, 5.74) is 2.43. The Bertz CT molecular complexity index is 2490. The molecule has 3 amide bonds. The van der Waals surface area contributed by atoms with Gasteiger partial charge in [-0.1, -0.05) is 31.4 Å². The van der Waals surface area contributed by atoms with Crippen LogP contribution < -0.4 is 40.1 Å². The fraction of sp³-hybridized carbons (Fsp3) is 0.529. The molecule has 2 aliphatic carbocycles. The van der Waals surface area contributed by atoms with Crippen LogP contribution in [0.5, 0.6) is 11.5 Å². The van der Waals surface area contributed by atoms with E-state index in [2.05, 4.69) is 47.0 Å². The summed E-state index contributed by atoms with van der Waals surface area (Å²) in [5.74, 6) is 2.51. The Morgan fingerprint density at radius 1 is 0.873 bits per heavy atom. The predicted octanol–water partition coefficient (Wildman–Crippen LogP) is 6.62. The Morgan fingerprint density at radius 3 is 2.34 bits per heavy atom. The minimum absolute atomic E-state index is 0.0155. The van der Waals surface area contributed by atoms with Gasteiger partial charge in [0.1, 0.15) is 29.3 Å². The SMILES string of the molecule is CC[C@@H]1C(=O)N(C)c2cnc(Nc3ccc(C(=O)NCCOCCOCCOC4CCN(c5ccc(C(=O)N[C@H]6CC[C@H](Oc7ccc(C#N)c(Cl)c7)CC6)nn5)CC4)cc3OC)nc2N1C1CCCC1. The first-order valence-electron chi connectivity index (χ1n) is 24.8. The molecule has 1 saturated heterocycles. The van der Waals surface area contributed by atoms with Crippen LogP contribution in [0.15, 0.2) is 54.7 Å². The molecule has 2 aliphatic heterocycles. The largest absolute Gasteiger partial charge is 0.495 e. The van der Waals surface area contributed by atoms with E-state index in [-0.39, 0.29) is 53.7 Å². The lowest BCUT2D eigenvalue weighted by Crippen LogP contribution is -2.55. The summed E-state index contributed by atoms with van der Waals surface area (Å²) in [4.78, 5) is 54.7. The Hall–Kier alpha value is -6.33. The summed E-state index contributed by atoms with van der Waals surface area (Å²) in [5, 5.41) is 27.3. The number of hydrogen-bond donors (Lipinski definition) is 3. The molecule has 3 N–H and O–H groups in total. The van der Waals surface area contributed by atoms with Gasteiger partial charge in [-0.3, -0.25) is 14.4 Å². The van der Waals surface area contributed by atoms with Crippen molar-refractivity contribution in [3.05, 3.63) is 76.6 Å². The number of hydrogen-bond acceptors (Lipinski definition) is 16. The molecule has 8 rings (SSSR count). The normalized spacial score (nSPS) is 19.5. The van der Waals surface area contributed by atoms with Gasteiger partial charge in [-0.05, 0) is 100 Å². The average Bonchev–Trinajstić information content (AvgIpc) is 3.93. The van der Waals surface area contributed by atoms with Gasteiger partial charge in [0.05, 0.1) is 74.8 Å². The molecule has 2 aromatic heterocycles. The van der Waals surface area contributed by atoms with Gasteiger partial charge in [0.2, 0.25) is 11.9 Å². The first kappa shape index (κ1) is 51.0. The molecule has 20 heteroatoms. The molecule has 0 bridgehead atoms. The number of ether oxygens (including phenoxy) is 5. The number of anilines is 5. The minimum atomic E-state index is -0.270. The molecule has 0 spiro atoms. The van der Waals surface area contributed by atoms with Crippen LogP contribution in [0.3, 0.4) is 0 Å². The third kappa shape index (κ3) is 13.0. The highest BCUT2D eigenvalue weighted by molar-refractivity contribution is 6.31. The fourth-order valence-corrected chi connectivity index (χ4v) is 9.95. The van der Waals surface area contributed by atoms with Crippen LogP contribution in [0.25, 0.3) is 0 Å². The molecule has 378 valence electrons. The van der Waals surface area contributed by atoms with Gasteiger partial charge in [-0.2, -0.15) is 10.2 Å². The molecule has 0 radical (unpaired) electrons. The van der Waals surface area contributed by atoms with Crippen LogP contribution in [0.2, 0.25) is 5.02 Å². The van der Waals surface area contributed by atoms with Gasteiger partial charge in [0.25, 0.3) is 11.8 Å². The van der Waals surface area contributed by atoms with Crippen molar-refractivity contribution >= 4 is 58.3 Å². The van der Waals surface area contributed by atoms with Crippen molar-refractivity contribution < 1.29 is 38.1 Å². The lowest BCUT2D eigenvalue weighted by atomic mass is 9.93. The number of aromatic nitrogens is 4. The summed E-state index contributed by atoms with van der Waals surface area (Å²) in [6, 6.07) is 15.9. The van der Waals surface area contributed by atoms with Gasteiger partial charge in [0, 0.05) is 50.4 Å². The monoisotopic (exact) mass is 993 g/mol. The quantitative estimate of drug-likeness (QED) is 0.0748. The van der Waals surface area contributed by atoms with E-state index in [1.807, 2.05) is 13.0 Å². The van der Waals surface area contributed by atoms with Crippen molar-refractivity contribution in [3.8, 4) is 17.6 Å². The number of nitrogens with zero attached hydrogens (tertiary/aromatic N) is 8. The summed E-state index contributed by atoms with van der Waals surface area (Å²) in [7, 11) is 3.32. The number of likely N-dealkylation sites (N-methyl/N-ethyl adjacent to an activating group) is 1. The van der Waals surface area contributed by atoms with Crippen molar-refractivity contribution in [2.24, 2.45) is 0 Å². The van der Waals surface area contributed by atoms with E-state index in [1.54, 1.807) is 67.7 Å². The number of nitrogens with one attached hydrogen (secondary N) is 3. The van der Waals surface area contributed by atoms with Crippen LogP contribution in [-0.4, -0.2) is 135 Å². The zero-order valence-electron chi connectivity index (χ0n) is 40.7.